The van der Waals surface area contributed by atoms with Gasteiger partial charge in [0.2, 0.25) is 0 Å². The standard InChI is InChI=1S/C3H4O2S/c4-3-2(6)1-5-3/h2,6H,1H2. The maximum atomic E-state index is 9.93. The Morgan fingerprint density at radius 1 is 2.00 bits per heavy atom. The van der Waals surface area contributed by atoms with Gasteiger partial charge in [0.15, 0.2) is 0 Å². The summed E-state index contributed by atoms with van der Waals surface area (Å²) in [7, 11) is 0. The fraction of sp³-hybridized carbons (Fsp3) is 0.667. The van der Waals surface area contributed by atoms with Crippen LogP contribution >= 0.6 is 12.6 Å². The lowest BCUT2D eigenvalue weighted by Crippen LogP contribution is -2.35. The first-order valence-corrected chi connectivity index (χ1v) is 2.17. The highest BCUT2D eigenvalue weighted by Crippen LogP contribution is 2.08. The number of esters is 1. The minimum atomic E-state index is -0.196. The van der Waals surface area contributed by atoms with E-state index in [-0.39, 0.29) is 11.2 Å². The van der Waals surface area contributed by atoms with Crippen molar-refractivity contribution in [1.82, 2.24) is 0 Å². The molecule has 1 atom stereocenters. The van der Waals surface area contributed by atoms with Gasteiger partial charge in [0, 0.05) is 0 Å². The Morgan fingerprint density at radius 3 is 2.50 bits per heavy atom. The third-order valence-corrected chi connectivity index (χ3v) is 1.02. The van der Waals surface area contributed by atoms with Gasteiger partial charge in [-0.15, -0.1) is 0 Å². The number of rotatable bonds is 0. The SMILES string of the molecule is O=C1OCC1S. The van der Waals surface area contributed by atoms with Crippen LogP contribution in [0, 0.1) is 0 Å². The van der Waals surface area contributed by atoms with E-state index in [9.17, 15) is 4.79 Å². The minimum Gasteiger partial charge on any atom is -0.463 e. The first-order chi connectivity index (χ1) is 2.80. The number of cyclic esters (lactones) is 1. The van der Waals surface area contributed by atoms with Crippen molar-refractivity contribution in [2.45, 2.75) is 5.25 Å². The molecule has 0 saturated carbocycles. The van der Waals surface area contributed by atoms with Gasteiger partial charge in [-0.3, -0.25) is 4.79 Å². The smallest absolute Gasteiger partial charge is 0.322 e. The second kappa shape index (κ2) is 1.15. The number of ether oxygens (including phenoxy) is 1. The molecule has 0 spiro atoms. The molecule has 1 aliphatic rings. The minimum absolute atomic E-state index is 0.134. The summed E-state index contributed by atoms with van der Waals surface area (Å²) in [6, 6.07) is 0. The van der Waals surface area contributed by atoms with E-state index in [1.54, 1.807) is 0 Å². The molecule has 1 heterocycles. The van der Waals surface area contributed by atoms with E-state index in [1.165, 1.54) is 0 Å². The van der Waals surface area contributed by atoms with Gasteiger partial charge in [-0.05, 0) is 0 Å². The second-order valence-corrected chi connectivity index (χ2v) is 1.77. The molecule has 1 unspecified atom stereocenters. The number of hydrogen-bond donors (Lipinski definition) is 1. The number of carbonyl (C=O) groups excluding carboxylic acids is 1. The zero-order valence-corrected chi connectivity index (χ0v) is 3.94. The molecule has 0 aliphatic carbocycles. The Hall–Kier alpha value is -0.180. The summed E-state index contributed by atoms with van der Waals surface area (Å²) >= 11 is 3.81. The van der Waals surface area contributed by atoms with E-state index in [0.717, 1.165) is 0 Å². The maximum Gasteiger partial charge on any atom is 0.322 e. The Labute approximate surface area is 40.9 Å². The Morgan fingerprint density at radius 2 is 2.50 bits per heavy atom. The van der Waals surface area contributed by atoms with Crippen LogP contribution in [0.25, 0.3) is 0 Å². The normalized spacial score (nSPS) is 31.5. The Kier molecular flexibility index (Phi) is 0.765. The van der Waals surface area contributed by atoms with Crippen LogP contribution in [-0.4, -0.2) is 17.8 Å². The van der Waals surface area contributed by atoms with Crippen molar-refractivity contribution in [2.24, 2.45) is 0 Å². The van der Waals surface area contributed by atoms with Crippen molar-refractivity contribution < 1.29 is 9.53 Å². The van der Waals surface area contributed by atoms with Crippen LogP contribution in [0.15, 0.2) is 0 Å². The predicted octanol–water partition coefficient (Wildman–Crippen LogP) is -0.158. The molecule has 0 amide bonds. The average Bonchev–Trinajstić information content (AvgIpc) is 1.61. The average molecular weight is 104 g/mol. The van der Waals surface area contributed by atoms with Crippen molar-refractivity contribution in [3.05, 3.63) is 0 Å². The van der Waals surface area contributed by atoms with E-state index < -0.39 is 0 Å². The third kappa shape index (κ3) is 0.391. The van der Waals surface area contributed by atoms with Gasteiger partial charge in [-0.25, -0.2) is 0 Å². The molecule has 0 aromatic heterocycles. The molecule has 3 heteroatoms. The molecule has 1 rings (SSSR count). The molecule has 1 aliphatic heterocycles. The van der Waals surface area contributed by atoms with Crippen molar-refractivity contribution in [2.75, 3.05) is 6.61 Å². The van der Waals surface area contributed by atoms with Crippen molar-refractivity contribution in [3.63, 3.8) is 0 Å². The highest BCUT2D eigenvalue weighted by Gasteiger charge is 2.25. The molecule has 0 bridgehead atoms. The highest BCUT2D eigenvalue weighted by atomic mass is 32.1. The van der Waals surface area contributed by atoms with E-state index in [0.29, 0.717) is 6.61 Å². The lowest BCUT2D eigenvalue weighted by Gasteiger charge is -2.18. The maximum absolute atomic E-state index is 9.93. The van der Waals surface area contributed by atoms with Crippen molar-refractivity contribution in [3.8, 4) is 0 Å². The van der Waals surface area contributed by atoms with Gasteiger partial charge in [0.25, 0.3) is 0 Å². The zero-order valence-electron chi connectivity index (χ0n) is 3.05. The molecule has 0 aromatic carbocycles. The molecule has 0 aromatic rings. The summed E-state index contributed by atoms with van der Waals surface area (Å²) in [4.78, 5) is 9.93. The van der Waals surface area contributed by atoms with Crippen LogP contribution < -0.4 is 0 Å². The van der Waals surface area contributed by atoms with Crippen LogP contribution in [0.3, 0.4) is 0 Å². The number of hydrogen-bond acceptors (Lipinski definition) is 3. The topological polar surface area (TPSA) is 26.3 Å². The molecular weight excluding hydrogens is 100 g/mol. The zero-order chi connectivity index (χ0) is 4.57. The van der Waals surface area contributed by atoms with E-state index in [4.69, 9.17) is 0 Å². The van der Waals surface area contributed by atoms with Gasteiger partial charge in [-0.1, -0.05) is 0 Å². The Balaban J connectivity index is 2.39. The van der Waals surface area contributed by atoms with Gasteiger partial charge in [0.1, 0.15) is 11.9 Å². The molecule has 34 valence electrons. The van der Waals surface area contributed by atoms with Crippen LogP contribution in [0.5, 0.6) is 0 Å². The highest BCUT2D eigenvalue weighted by molar-refractivity contribution is 7.82. The van der Waals surface area contributed by atoms with Crippen LogP contribution in [0.2, 0.25) is 0 Å². The summed E-state index contributed by atoms with van der Waals surface area (Å²) in [6.45, 7) is 0.488. The number of carbonyl (C=O) groups is 1. The van der Waals surface area contributed by atoms with E-state index in [2.05, 4.69) is 17.4 Å². The first-order valence-electron chi connectivity index (χ1n) is 1.65. The third-order valence-electron chi connectivity index (χ3n) is 0.656. The number of thiol groups is 1. The van der Waals surface area contributed by atoms with E-state index in [1.807, 2.05) is 0 Å². The molecule has 2 nitrogen and oxygen atoms in total. The van der Waals surface area contributed by atoms with Gasteiger partial charge in [0.05, 0.1) is 0 Å². The molecule has 0 radical (unpaired) electrons. The fourth-order valence-electron chi connectivity index (χ4n) is 0.226. The Bertz CT molecular complexity index is 80.9. The summed E-state index contributed by atoms with van der Waals surface area (Å²) in [5, 5.41) is -0.134. The summed E-state index contributed by atoms with van der Waals surface area (Å²) in [6.07, 6.45) is 0. The summed E-state index contributed by atoms with van der Waals surface area (Å²) in [5.74, 6) is -0.196. The van der Waals surface area contributed by atoms with Gasteiger partial charge < -0.3 is 4.74 Å². The monoisotopic (exact) mass is 104 g/mol. The predicted molar refractivity (Wildman–Crippen MR) is 23.7 cm³/mol. The van der Waals surface area contributed by atoms with Gasteiger partial charge in [-0.2, -0.15) is 12.6 Å². The molecule has 0 N–H and O–H groups in total. The van der Waals surface area contributed by atoms with Crippen molar-refractivity contribution in [1.29, 1.82) is 0 Å². The van der Waals surface area contributed by atoms with Crippen molar-refractivity contribution >= 4 is 18.6 Å². The molecule has 1 saturated heterocycles. The fourth-order valence-corrected chi connectivity index (χ4v) is 0.375. The lowest BCUT2D eigenvalue weighted by atomic mass is 10.4. The first kappa shape index (κ1) is 3.99. The summed E-state index contributed by atoms with van der Waals surface area (Å²) in [5.41, 5.74) is 0. The quantitative estimate of drug-likeness (QED) is 0.341. The van der Waals surface area contributed by atoms with Crippen LogP contribution in [-0.2, 0) is 9.53 Å². The lowest BCUT2D eigenvalue weighted by molar-refractivity contribution is -0.155. The molecule has 1 fully saturated rings. The van der Waals surface area contributed by atoms with Crippen LogP contribution in [0.1, 0.15) is 0 Å². The van der Waals surface area contributed by atoms with Crippen LogP contribution in [0.4, 0.5) is 0 Å². The second-order valence-electron chi connectivity index (χ2n) is 1.15. The molecule has 6 heavy (non-hydrogen) atoms. The van der Waals surface area contributed by atoms with E-state index >= 15 is 0 Å². The summed E-state index contributed by atoms with van der Waals surface area (Å²) < 4.78 is 4.33. The molecular formula is C3H4O2S. The van der Waals surface area contributed by atoms with Gasteiger partial charge >= 0.3 is 5.97 Å². The largest absolute Gasteiger partial charge is 0.463 e.